The van der Waals surface area contributed by atoms with Crippen LogP contribution in [0.25, 0.3) is 0 Å². The molecule has 0 aliphatic rings. The molecule has 0 heterocycles. The van der Waals surface area contributed by atoms with Crippen molar-refractivity contribution in [2.45, 2.75) is 24.7 Å². The van der Waals surface area contributed by atoms with Crippen LogP contribution in [0.3, 0.4) is 0 Å². The summed E-state index contributed by atoms with van der Waals surface area (Å²) >= 11 is 0. The first-order valence-electron chi connectivity index (χ1n) is 6.37. The SMILES string of the molecule is CC(C)c1ccccc1NS(=O)(=O)c1cccc(N)c1. The number of sulfonamides is 1. The van der Waals surface area contributed by atoms with Gasteiger partial charge in [0.05, 0.1) is 10.6 Å². The Morgan fingerprint density at radius 1 is 1.05 bits per heavy atom. The summed E-state index contributed by atoms with van der Waals surface area (Å²) in [5, 5.41) is 0. The Kier molecular flexibility index (Phi) is 3.99. The standard InChI is InChI=1S/C15H18N2O2S/c1-11(2)14-8-3-4-9-15(14)17-20(18,19)13-7-5-6-12(16)10-13/h3-11,17H,16H2,1-2H3. The Morgan fingerprint density at radius 3 is 2.40 bits per heavy atom. The summed E-state index contributed by atoms with van der Waals surface area (Å²) in [7, 11) is -3.62. The van der Waals surface area contributed by atoms with Gasteiger partial charge in [-0.1, -0.05) is 38.1 Å². The molecule has 0 saturated carbocycles. The summed E-state index contributed by atoms with van der Waals surface area (Å²) in [6.07, 6.45) is 0. The van der Waals surface area contributed by atoms with Crippen LogP contribution in [0.1, 0.15) is 25.3 Å². The highest BCUT2D eigenvalue weighted by Crippen LogP contribution is 2.26. The largest absolute Gasteiger partial charge is 0.399 e. The Morgan fingerprint density at radius 2 is 1.75 bits per heavy atom. The number of para-hydroxylation sites is 1. The molecule has 0 radical (unpaired) electrons. The van der Waals surface area contributed by atoms with E-state index in [0.29, 0.717) is 11.4 Å². The van der Waals surface area contributed by atoms with Crippen LogP contribution in [-0.4, -0.2) is 8.42 Å². The number of hydrogen-bond acceptors (Lipinski definition) is 3. The molecule has 4 nitrogen and oxygen atoms in total. The summed E-state index contributed by atoms with van der Waals surface area (Å²) in [6.45, 7) is 4.04. The van der Waals surface area contributed by atoms with E-state index in [1.165, 1.54) is 12.1 Å². The highest BCUT2D eigenvalue weighted by molar-refractivity contribution is 7.92. The molecule has 2 aromatic carbocycles. The highest BCUT2D eigenvalue weighted by Gasteiger charge is 2.16. The van der Waals surface area contributed by atoms with Crippen molar-refractivity contribution in [2.24, 2.45) is 0 Å². The molecule has 106 valence electrons. The summed E-state index contributed by atoms with van der Waals surface area (Å²) < 4.78 is 27.4. The van der Waals surface area contributed by atoms with Crippen LogP contribution in [0.4, 0.5) is 11.4 Å². The van der Waals surface area contributed by atoms with E-state index in [-0.39, 0.29) is 10.8 Å². The van der Waals surface area contributed by atoms with E-state index < -0.39 is 10.0 Å². The zero-order valence-corrected chi connectivity index (χ0v) is 12.3. The number of rotatable bonds is 4. The summed E-state index contributed by atoms with van der Waals surface area (Å²) in [6, 6.07) is 13.6. The van der Waals surface area contributed by atoms with Gasteiger partial charge in [-0.3, -0.25) is 4.72 Å². The molecule has 0 atom stereocenters. The van der Waals surface area contributed by atoms with Gasteiger partial charge in [0.1, 0.15) is 0 Å². The van der Waals surface area contributed by atoms with Crippen molar-refractivity contribution >= 4 is 21.4 Å². The van der Waals surface area contributed by atoms with Gasteiger partial charge in [0.2, 0.25) is 0 Å². The lowest BCUT2D eigenvalue weighted by Crippen LogP contribution is -2.14. The minimum atomic E-state index is -3.62. The maximum atomic E-state index is 12.4. The smallest absolute Gasteiger partial charge is 0.261 e. The Bertz CT molecular complexity index is 709. The Labute approximate surface area is 119 Å². The highest BCUT2D eigenvalue weighted by atomic mass is 32.2. The number of nitrogens with two attached hydrogens (primary N) is 1. The molecule has 0 spiro atoms. The van der Waals surface area contributed by atoms with E-state index in [2.05, 4.69) is 4.72 Å². The third-order valence-corrected chi connectivity index (χ3v) is 4.36. The first-order chi connectivity index (χ1) is 9.40. The fourth-order valence-corrected chi connectivity index (χ4v) is 3.12. The number of nitrogen functional groups attached to an aromatic ring is 1. The molecule has 0 fully saturated rings. The van der Waals surface area contributed by atoms with Gasteiger partial charge in [-0.05, 0) is 35.7 Å². The van der Waals surface area contributed by atoms with E-state index in [4.69, 9.17) is 5.73 Å². The Hall–Kier alpha value is -2.01. The maximum absolute atomic E-state index is 12.4. The predicted octanol–water partition coefficient (Wildman–Crippen LogP) is 3.19. The van der Waals surface area contributed by atoms with Gasteiger partial charge in [0.15, 0.2) is 0 Å². The average molecular weight is 290 g/mol. The van der Waals surface area contributed by atoms with Gasteiger partial charge >= 0.3 is 0 Å². The quantitative estimate of drug-likeness (QED) is 0.849. The lowest BCUT2D eigenvalue weighted by Gasteiger charge is -2.15. The topological polar surface area (TPSA) is 72.2 Å². The number of benzene rings is 2. The molecule has 0 unspecified atom stereocenters. The molecule has 3 N–H and O–H groups in total. The van der Waals surface area contributed by atoms with Crippen LogP contribution in [0.5, 0.6) is 0 Å². The number of anilines is 2. The van der Waals surface area contributed by atoms with Crippen LogP contribution in [0, 0.1) is 0 Å². The second-order valence-corrected chi connectivity index (χ2v) is 6.60. The zero-order chi connectivity index (χ0) is 14.8. The van der Waals surface area contributed by atoms with Crippen LogP contribution in [0.15, 0.2) is 53.4 Å². The van der Waals surface area contributed by atoms with Crippen LogP contribution in [-0.2, 0) is 10.0 Å². The van der Waals surface area contributed by atoms with Gasteiger partial charge in [-0.15, -0.1) is 0 Å². The Balaban J connectivity index is 2.39. The molecular weight excluding hydrogens is 272 g/mol. The maximum Gasteiger partial charge on any atom is 0.261 e. The molecule has 0 saturated heterocycles. The van der Waals surface area contributed by atoms with Crippen LogP contribution < -0.4 is 10.5 Å². The van der Waals surface area contributed by atoms with E-state index in [1.54, 1.807) is 18.2 Å². The molecular formula is C15H18N2O2S. The van der Waals surface area contributed by atoms with Gasteiger partial charge < -0.3 is 5.73 Å². The second kappa shape index (κ2) is 5.54. The molecule has 0 aliphatic carbocycles. The van der Waals surface area contributed by atoms with Crippen LogP contribution in [0.2, 0.25) is 0 Å². The first kappa shape index (κ1) is 14.4. The summed E-state index contributed by atoms with van der Waals surface area (Å²) in [5.74, 6) is 0.231. The van der Waals surface area contributed by atoms with Crippen molar-refractivity contribution < 1.29 is 8.42 Å². The monoisotopic (exact) mass is 290 g/mol. The number of nitrogens with one attached hydrogen (secondary N) is 1. The molecule has 0 aromatic heterocycles. The minimum Gasteiger partial charge on any atom is -0.399 e. The van der Waals surface area contributed by atoms with Crippen molar-refractivity contribution in [1.29, 1.82) is 0 Å². The molecule has 0 amide bonds. The molecule has 0 bridgehead atoms. The van der Waals surface area contributed by atoms with E-state index in [1.807, 2.05) is 32.0 Å². The molecule has 5 heteroatoms. The van der Waals surface area contributed by atoms with E-state index >= 15 is 0 Å². The van der Waals surface area contributed by atoms with Crippen molar-refractivity contribution in [2.75, 3.05) is 10.5 Å². The van der Waals surface area contributed by atoms with Gasteiger partial charge in [-0.25, -0.2) is 8.42 Å². The van der Waals surface area contributed by atoms with Crippen molar-refractivity contribution in [3.63, 3.8) is 0 Å². The second-order valence-electron chi connectivity index (χ2n) is 4.92. The third-order valence-electron chi connectivity index (χ3n) is 3.00. The van der Waals surface area contributed by atoms with Gasteiger partial charge in [0.25, 0.3) is 10.0 Å². The first-order valence-corrected chi connectivity index (χ1v) is 7.86. The molecule has 2 aromatic rings. The average Bonchev–Trinajstić information content (AvgIpc) is 2.38. The lowest BCUT2D eigenvalue weighted by atomic mass is 10.0. The summed E-state index contributed by atoms with van der Waals surface area (Å²) in [4.78, 5) is 0.163. The normalized spacial score (nSPS) is 11.6. The molecule has 20 heavy (non-hydrogen) atoms. The predicted molar refractivity (Wildman–Crippen MR) is 82.2 cm³/mol. The fraction of sp³-hybridized carbons (Fsp3) is 0.200. The zero-order valence-electron chi connectivity index (χ0n) is 11.5. The lowest BCUT2D eigenvalue weighted by molar-refractivity contribution is 0.601. The van der Waals surface area contributed by atoms with Crippen molar-refractivity contribution in [1.82, 2.24) is 0 Å². The minimum absolute atomic E-state index is 0.163. The number of hydrogen-bond donors (Lipinski definition) is 2. The molecule has 2 rings (SSSR count). The van der Waals surface area contributed by atoms with Crippen molar-refractivity contribution in [3.05, 3.63) is 54.1 Å². The van der Waals surface area contributed by atoms with E-state index in [0.717, 1.165) is 5.56 Å². The van der Waals surface area contributed by atoms with Gasteiger partial charge in [0, 0.05) is 5.69 Å². The third kappa shape index (κ3) is 3.11. The van der Waals surface area contributed by atoms with Gasteiger partial charge in [-0.2, -0.15) is 0 Å². The van der Waals surface area contributed by atoms with Crippen LogP contribution >= 0.6 is 0 Å². The molecule has 0 aliphatic heterocycles. The van der Waals surface area contributed by atoms with E-state index in [9.17, 15) is 8.42 Å². The summed E-state index contributed by atoms with van der Waals surface area (Å²) in [5.41, 5.74) is 7.62. The fourth-order valence-electron chi connectivity index (χ4n) is 1.98. The van der Waals surface area contributed by atoms with Crippen molar-refractivity contribution in [3.8, 4) is 0 Å².